The first-order valence-electron chi connectivity index (χ1n) is 9.14. The second-order valence-corrected chi connectivity index (χ2v) is 8.17. The van der Waals surface area contributed by atoms with Crippen molar-refractivity contribution < 1.29 is 24.0 Å². The van der Waals surface area contributed by atoms with Crippen molar-refractivity contribution in [2.75, 3.05) is 5.32 Å². The molecular formula is C21H15ClN2O6S. The van der Waals surface area contributed by atoms with Crippen molar-refractivity contribution in [2.45, 2.75) is 19.6 Å². The van der Waals surface area contributed by atoms with Crippen LogP contribution in [-0.4, -0.2) is 22.9 Å². The maximum atomic E-state index is 12.6. The van der Waals surface area contributed by atoms with Crippen LogP contribution in [0.15, 0.2) is 48.5 Å². The number of carbonyl (C=O) groups is 2. The summed E-state index contributed by atoms with van der Waals surface area (Å²) < 4.78 is 11.0. The Labute approximate surface area is 185 Å². The summed E-state index contributed by atoms with van der Waals surface area (Å²) in [4.78, 5) is 36.5. The number of hydrogen-bond acceptors (Lipinski definition) is 7. The Kier molecular flexibility index (Phi) is 5.62. The van der Waals surface area contributed by atoms with Gasteiger partial charge in [-0.1, -0.05) is 23.7 Å². The van der Waals surface area contributed by atoms with Crippen molar-refractivity contribution >= 4 is 46.2 Å². The lowest BCUT2D eigenvalue weighted by Crippen LogP contribution is -2.29. The molecule has 0 saturated carbocycles. The number of rotatable bonds is 5. The highest BCUT2D eigenvalue weighted by atomic mass is 35.5. The standard InChI is InChI=1S/C21H15ClN2O6S/c1-11(20(25)23-16-7-6-13(24(27)28)9-15(16)22)30-21(26)18-8-12-10-29-17-5-3-2-4-14(17)19(12)31-18/h2-9,11H,10H2,1H3,(H,23,25). The molecule has 0 spiro atoms. The van der Waals surface area contributed by atoms with Crippen LogP contribution in [0.2, 0.25) is 5.02 Å². The maximum absolute atomic E-state index is 12.6. The third-order valence-electron chi connectivity index (χ3n) is 4.60. The highest BCUT2D eigenvalue weighted by Crippen LogP contribution is 2.42. The van der Waals surface area contributed by atoms with Gasteiger partial charge in [-0.25, -0.2) is 4.79 Å². The van der Waals surface area contributed by atoms with Crippen molar-refractivity contribution in [3.05, 3.63) is 74.1 Å². The summed E-state index contributed by atoms with van der Waals surface area (Å²) in [6.07, 6.45) is -1.11. The molecule has 1 aliphatic heterocycles. The van der Waals surface area contributed by atoms with Gasteiger partial charge in [-0.3, -0.25) is 14.9 Å². The molecular weight excluding hydrogens is 444 g/mol. The molecule has 0 fully saturated rings. The molecule has 0 saturated heterocycles. The molecule has 1 amide bonds. The van der Waals surface area contributed by atoms with Gasteiger partial charge < -0.3 is 14.8 Å². The van der Waals surface area contributed by atoms with Gasteiger partial charge in [-0.05, 0) is 31.2 Å². The summed E-state index contributed by atoms with van der Waals surface area (Å²) in [6, 6.07) is 12.9. The monoisotopic (exact) mass is 458 g/mol. The Morgan fingerprint density at radius 3 is 2.77 bits per heavy atom. The third kappa shape index (κ3) is 4.23. The minimum Gasteiger partial charge on any atom is -0.488 e. The van der Waals surface area contributed by atoms with Crippen molar-refractivity contribution in [2.24, 2.45) is 0 Å². The predicted molar refractivity (Wildman–Crippen MR) is 116 cm³/mol. The molecule has 1 aromatic heterocycles. The number of nitrogens with one attached hydrogen (secondary N) is 1. The van der Waals surface area contributed by atoms with Crippen LogP contribution >= 0.6 is 22.9 Å². The first-order valence-corrected chi connectivity index (χ1v) is 10.3. The third-order valence-corrected chi connectivity index (χ3v) is 6.10. The molecule has 0 aliphatic carbocycles. The van der Waals surface area contributed by atoms with Crippen molar-refractivity contribution in [3.8, 4) is 16.2 Å². The molecule has 0 bridgehead atoms. The molecule has 1 atom stereocenters. The largest absolute Gasteiger partial charge is 0.488 e. The molecule has 3 aromatic rings. The molecule has 8 nitrogen and oxygen atoms in total. The Hall–Kier alpha value is -3.43. The number of halogens is 1. The van der Waals surface area contributed by atoms with Gasteiger partial charge >= 0.3 is 5.97 Å². The van der Waals surface area contributed by atoms with Crippen LogP contribution in [0.1, 0.15) is 22.2 Å². The summed E-state index contributed by atoms with van der Waals surface area (Å²) in [5.74, 6) is -0.488. The average molecular weight is 459 g/mol. The molecule has 31 heavy (non-hydrogen) atoms. The van der Waals surface area contributed by atoms with Crippen molar-refractivity contribution in [3.63, 3.8) is 0 Å². The van der Waals surface area contributed by atoms with Gasteiger partial charge in [-0.2, -0.15) is 0 Å². The number of esters is 1. The molecule has 1 aliphatic rings. The van der Waals surface area contributed by atoms with Gasteiger partial charge in [0.1, 0.15) is 17.2 Å². The number of fused-ring (bicyclic) bond motifs is 3. The summed E-state index contributed by atoms with van der Waals surface area (Å²) >= 11 is 7.27. The normalized spacial score (nSPS) is 12.7. The van der Waals surface area contributed by atoms with Crippen molar-refractivity contribution in [1.29, 1.82) is 0 Å². The number of non-ortho nitro benzene ring substituents is 1. The summed E-state index contributed by atoms with van der Waals surface area (Å²) in [6.45, 7) is 1.78. The fourth-order valence-corrected chi connectivity index (χ4v) is 4.33. The van der Waals surface area contributed by atoms with Crippen LogP contribution in [0.4, 0.5) is 11.4 Å². The fraction of sp³-hybridized carbons (Fsp3) is 0.143. The quantitative estimate of drug-likeness (QED) is 0.325. The number of hydrogen-bond donors (Lipinski definition) is 1. The molecule has 1 unspecified atom stereocenters. The van der Waals surface area contributed by atoms with E-state index in [9.17, 15) is 19.7 Å². The number of nitro groups is 1. The molecule has 0 radical (unpaired) electrons. The van der Waals surface area contributed by atoms with Gasteiger partial charge in [0.25, 0.3) is 11.6 Å². The van der Waals surface area contributed by atoms with E-state index >= 15 is 0 Å². The van der Waals surface area contributed by atoms with E-state index < -0.39 is 22.9 Å². The van der Waals surface area contributed by atoms with E-state index in [1.807, 2.05) is 24.3 Å². The number of thiophene rings is 1. The predicted octanol–water partition coefficient (Wildman–Crippen LogP) is 5.05. The van der Waals surface area contributed by atoms with E-state index in [1.54, 1.807) is 6.07 Å². The SMILES string of the molecule is CC(OC(=O)c1cc2c(s1)-c1ccccc1OC2)C(=O)Nc1ccc([N+](=O)[O-])cc1Cl. The zero-order valence-electron chi connectivity index (χ0n) is 16.1. The highest BCUT2D eigenvalue weighted by Gasteiger charge is 2.26. The zero-order valence-corrected chi connectivity index (χ0v) is 17.7. The molecule has 4 rings (SSSR count). The number of amides is 1. The van der Waals surface area contributed by atoms with Crippen LogP contribution in [0, 0.1) is 10.1 Å². The van der Waals surface area contributed by atoms with Gasteiger partial charge in [-0.15, -0.1) is 11.3 Å². The highest BCUT2D eigenvalue weighted by molar-refractivity contribution is 7.17. The number of nitro benzene ring substituents is 1. The van der Waals surface area contributed by atoms with E-state index in [-0.39, 0.29) is 16.4 Å². The molecule has 10 heteroatoms. The minimum atomic E-state index is -1.11. The Morgan fingerprint density at radius 1 is 1.26 bits per heavy atom. The number of para-hydroxylation sites is 1. The molecule has 1 N–H and O–H groups in total. The Bertz CT molecular complexity index is 1210. The number of carbonyl (C=O) groups excluding carboxylic acids is 2. The number of anilines is 1. The average Bonchev–Trinajstić information content (AvgIpc) is 3.20. The Balaban J connectivity index is 1.44. The number of ether oxygens (including phenoxy) is 2. The smallest absolute Gasteiger partial charge is 0.349 e. The fourth-order valence-electron chi connectivity index (χ4n) is 3.03. The van der Waals surface area contributed by atoms with E-state index in [0.717, 1.165) is 27.8 Å². The summed E-state index contributed by atoms with van der Waals surface area (Å²) in [7, 11) is 0. The van der Waals surface area contributed by atoms with Gasteiger partial charge in [0.2, 0.25) is 0 Å². The second kappa shape index (κ2) is 8.37. The number of benzene rings is 2. The lowest BCUT2D eigenvalue weighted by atomic mass is 10.1. The summed E-state index contributed by atoms with van der Waals surface area (Å²) in [5.41, 5.74) is 1.77. The molecule has 158 valence electrons. The lowest BCUT2D eigenvalue weighted by Gasteiger charge is -2.16. The van der Waals surface area contributed by atoms with E-state index in [4.69, 9.17) is 21.1 Å². The van der Waals surface area contributed by atoms with Crippen LogP contribution in [0.5, 0.6) is 5.75 Å². The molecule has 2 aromatic carbocycles. The van der Waals surface area contributed by atoms with Gasteiger partial charge in [0.05, 0.1) is 15.6 Å². The van der Waals surface area contributed by atoms with Crippen LogP contribution < -0.4 is 10.1 Å². The second-order valence-electron chi connectivity index (χ2n) is 6.71. The topological polar surface area (TPSA) is 108 Å². The van der Waals surface area contributed by atoms with Crippen LogP contribution in [0.25, 0.3) is 10.4 Å². The van der Waals surface area contributed by atoms with Gasteiger partial charge in [0.15, 0.2) is 6.10 Å². The van der Waals surface area contributed by atoms with E-state index in [2.05, 4.69) is 5.32 Å². The van der Waals surface area contributed by atoms with Crippen LogP contribution in [-0.2, 0) is 16.1 Å². The van der Waals surface area contributed by atoms with Crippen LogP contribution in [0.3, 0.4) is 0 Å². The summed E-state index contributed by atoms with van der Waals surface area (Å²) in [5, 5.41) is 13.3. The van der Waals surface area contributed by atoms with E-state index in [0.29, 0.717) is 11.5 Å². The van der Waals surface area contributed by atoms with Gasteiger partial charge in [0, 0.05) is 28.1 Å². The van der Waals surface area contributed by atoms with Crippen molar-refractivity contribution in [1.82, 2.24) is 0 Å². The maximum Gasteiger partial charge on any atom is 0.349 e. The first-order chi connectivity index (χ1) is 14.8. The lowest BCUT2D eigenvalue weighted by molar-refractivity contribution is -0.384. The first kappa shape index (κ1) is 20.8. The zero-order chi connectivity index (χ0) is 22.1. The number of nitrogens with zero attached hydrogens (tertiary/aromatic N) is 1. The van der Waals surface area contributed by atoms with E-state index in [1.165, 1.54) is 30.4 Å². The Morgan fingerprint density at radius 2 is 2.03 bits per heavy atom. The molecule has 2 heterocycles. The minimum absolute atomic E-state index is 0.00525.